The van der Waals surface area contributed by atoms with Crippen LogP contribution in [-0.4, -0.2) is 50.3 Å². The van der Waals surface area contributed by atoms with Gasteiger partial charge in [0, 0.05) is 25.9 Å². The summed E-state index contributed by atoms with van der Waals surface area (Å²) in [7, 11) is 0. The number of anilines is 1. The number of aromatic nitrogens is 2. The Morgan fingerprint density at radius 1 is 1.27 bits per heavy atom. The minimum atomic E-state index is -0.222. The molecule has 0 aromatic carbocycles. The second-order valence-electron chi connectivity index (χ2n) is 8.37. The first-order chi connectivity index (χ1) is 16.1. The van der Waals surface area contributed by atoms with Crippen molar-refractivity contribution in [2.24, 2.45) is 0 Å². The molecule has 1 unspecified atom stereocenters. The van der Waals surface area contributed by atoms with E-state index in [4.69, 9.17) is 17.0 Å². The Kier molecular flexibility index (Phi) is 8.16. The Bertz CT molecular complexity index is 1110. The quantitative estimate of drug-likeness (QED) is 0.302. The average molecular weight is 487 g/mol. The SMILES string of the molecule is CCCCCCCN1C(=O)C(=Cc2c(NCC3CCCO3)nc3ccccn3c2=O)SC1=S. The minimum absolute atomic E-state index is 0.0970. The summed E-state index contributed by atoms with van der Waals surface area (Å²) in [4.78, 5) is 33.2. The van der Waals surface area contributed by atoms with Crippen LogP contribution in [-0.2, 0) is 9.53 Å². The molecular formula is C24H30N4O3S2. The van der Waals surface area contributed by atoms with Crippen LogP contribution in [0.25, 0.3) is 11.7 Å². The van der Waals surface area contributed by atoms with Gasteiger partial charge in [0.05, 0.1) is 16.6 Å². The minimum Gasteiger partial charge on any atom is -0.376 e. The Hall–Kier alpha value is -2.23. The van der Waals surface area contributed by atoms with Crippen molar-refractivity contribution in [2.45, 2.75) is 58.0 Å². The van der Waals surface area contributed by atoms with Gasteiger partial charge in [0.2, 0.25) is 0 Å². The van der Waals surface area contributed by atoms with Gasteiger partial charge >= 0.3 is 0 Å². The number of thiocarbonyl (C=S) groups is 1. The van der Waals surface area contributed by atoms with Gasteiger partial charge in [-0.2, -0.15) is 0 Å². The van der Waals surface area contributed by atoms with Crippen LogP contribution in [0.15, 0.2) is 34.1 Å². The van der Waals surface area contributed by atoms with Crippen LogP contribution >= 0.6 is 24.0 Å². The second-order valence-corrected chi connectivity index (χ2v) is 10.0. The smallest absolute Gasteiger partial charge is 0.267 e. The summed E-state index contributed by atoms with van der Waals surface area (Å²) >= 11 is 6.73. The highest BCUT2D eigenvalue weighted by Crippen LogP contribution is 2.33. The molecule has 7 nitrogen and oxygen atoms in total. The van der Waals surface area contributed by atoms with Gasteiger partial charge in [-0.25, -0.2) is 4.98 Å². The topological polar surface area (TPSA) is 75.9 Å². The molecule has 2 aliphatic rings. The van der Waals surface area contributed by atoms with E-state index in [-0.39, 0.29) is 17.6 Å². The summed E-state index contributed by atoms with van der Waals surface area (Å²) in [6, 6.07) is 5.43. The van der Waals surface area contributed by atoms with Crippen LogP contribution in [0.3, 0.4) is 0 Å². The highest BCUT2D eigenvalue weighted by molar-refractivity contribution is 8.26. The molecule has 0 radical (unpaired) electrons. The van der Waals surface area contributed by atoms with Crippen LogP contribution in [0.2, 0.25) is 0 Å². The zero-order valence-corrected chi connectivity index (χ0v) is 20.6. The van der Waals surface area contributed by atoms with E-state index >= 15 is 0 Å². The molecule has 2 saturated heterocycles. The van der Waals surface area contributed by atoms with Crippen LogP contribution in [0.5, 0.6) is 0 Å². The van der Waals surface area contributed by atoms with E-state index in [0.717, 1.165) is 32.3 Å². The Labute approximate surface area is 203 Å². The molecule has 0 bridgehead atoms. The molecule has 2 aromatic rings. The van der Waals surface area contributed by atoms with Crippen LogP contribution < -0.4 is 10.9 Å². The van der Waals surface area contributed by atoms with Gasteiger partial charge in [-0.1, -0.05) is 62.7 Å². The number of carbonyl (C=O) groups excluding carboxylic acids is 1. The summed E-state index contributed by atoms with van der Waals surface area (Å²) in [6.07, 6.45) is 11.0. The zero-order valence-electron chi connectivity index (χ0n) is 18.9. The van der Waals surface area contributed by atoms with Crippen molar-refractivity contribution in [1.29, 1.82) is 0 Å². The van der Waals surface area contributed by atoms with Crippen molar-refractivity contribution >= 4 is 51.7 Å². The lowest BCUT2D eigenvalue weighted by Gasteiger charge is -2.15. The van der Waals surface area contributed by atoms with Crippen molar-refractivity contribution in [2.75, 3.05) is 25.0 Å². The third kappa shape index (κ3) is 5.65. The number of unbranched alkanes of at least 4 members (excludes halogenated alkanes) is 4. The van der Waals surface area contributed by atoms with E-state index in [9.17, 15) is 9.59 Å². The summed E-state index contributed by atoms with van der Waals surface area (Å²) < 4.78 is 7.75. The maximum absolute atomic E-state index is 13.3. The molecule has 176 valence electrons. The third-order valence-corrected chi connectivity index (χ3v) is 7.30. The molecule has 1 atom stereocenters. The van der Waals surface area contributed by atoms with Crippen molar-refractivity contribution in [3.05, 3.63) is 45.2 Å². The van der Waals surface area contributed by atoms with Gasteiger partial charge in [-0.3, -0.25) is 18.9 Å². The van der Waals surface area contributed by atoms with E-state index in [2.05, 4.69) is 17.2 Å². The van der Waals surface area contributed by atoms with E-state index < -0.39 is 0 Å². The first-order valence-electron chi connectivity index (χ1n) is 11.7. The fourth-order valence-electron chi connectivity index (χ4n) is 4.08. The number of nitrogens with zero attached hydrogens (tertiary/aromatic N) is 3. The molecule has 0 aliphatic carbocycles. The molecule has 4 heterocycles. The summed E-state index contributed by atoms with van der Waals surface area (Å²) in [5, 5.41) is 3.29. The van der Waals surface area contributed by atoms with Crippen molar-refractivity contribution in [3.8, 4) is 0 Å². The number of thioether (sulfide) groups is 1. The summed E-state index contributed by atoms with van der Waals surface area (Å²) in [6.45, 7) is 4.12. The van der Waals surface area contributed by atoms with Gasteiger partial charge in [0.15, 0.2) is 0 Å². The van der Waals surface area contributed by atoms with Gasteiger partial charge in [-0.05, 0) is 37.5 Å². The number of fused-ring (bicyclic) bond motifs is 1. The Morgan fingerprint density at radius 2 is 2.12 bits per heavy atom. The largest absolute Gasteiger partial charge is 0.376 e. The van der Waals surface area contributed by atoms with Crippen molar-refractivity contribution < 1.29 is 9.53 Å². The number of rotatable bonds is 10. The lowest BCUT2D eigenvalue weighted by atomic mass is 10.1. The van der Waals surface area contributed by atoms with E-state index in [1.165, 1.54) is 35.4 Å². The van der Waals surface area contributed by atoms with E-state index in [0.29, 0.717) is 39.3 Å². The second kappa shape index (κ2) is 11.3. The molecule has 9 heteroatoms. The van der Waals surface area contributed by atoms with Gasteiger partial charge in [0.25, 0.3) is 11.5 Å². The average Bonchev–Trinajstić information content (AvgIpc) is 3.43. The van der Waals surface area contributed by atoms with E-state index in [1.807, 2.05) is 6.07 Å². The molecule has 2 fully saturated rings. The molecule has 1 N–H and O–H groups in total. The molecule has 2 aromatic heterocycles. The highest BCUT2D eigenvalue weighted by Gasteiger charge is 2.32. The zero-order chi connectivity index (χ0) is 23.2. The van der Waals surface area contributed by atoms with Gasteiger partial charge < -0.3 is 10.1 Å². The monoisotopic (exact) mass is 486 g/mol. The Morgan fingerprint density at radius 3 is 2.91 bits per heavy atom. The molecular weight excluding hydrogens is 456 g/mol. The maximum atomic E-state index is 13.3. The number of ether oxygens (including phenoxy) is 1. The predicted octanol–water partition coefficient (Wildman–Crippen LogP) is 4.46. The fourth-order valence-corrected chi connectivity index (χ4v) is 5.37. The van der Waals surface area contributed by atoms with Crippen LogP contribution in [0, 0.1) is 0 Å². The van der Waals surface area contributed by atoms with E-state index in [1.54, 1.807) is 29.3 Å². The number of hydrogen-bond acceptors (Lipinski definition) is 7. The number of carbonyl (C=O) groups is 1. The molecule has 4 rings (SSSR count). The molecule has 33 heavy (non-hydrogen) atoms. The fraction of sp³-hybridized carbons (Fsp3) is 0.500. The lowest BCUT2D eigenvalue weighted by molar-refractivity contribution is -0.122. The summed E-state index contributed by atoms with van der Waals surface area (Å²) in [5.41, 5.74) is 0.689. The number of amides is 1. The van der Waals surface area contributed by atoms with Crippen molar-refractivity contribution in [3.63, 3.8) is 0 Å². The molecule has 2 aliphatic heterocycles. The highest BCUT2D eigenvalue weighted by atomic mass is 32.2. The first-order valence-corrected chi connectivity index (χ1v) is 12.9. The lowest BCUT2D eigenvalue weighted by Crippen LogP contribution is -2.29. The third-order valence-electron chi connectivity index (χ3n) is 5.92. The Balaban J connectivity index is 1.58. The van der Waals surface area contributed by atoms with Crippen molar-refractivity contribution in [1.82, 2.24) is 14.3 Å². The maximum Gasteiger partial charge on any atom is 0.267 e. The molecule has 0 spiro atoms. The van der Waals surface area contributed by atoms with Crippen LogP contribution in [0.1, 0.15) is 57.4 Å². The first kappa shape index (κ1) is 23.9. The standard InChI is InChI=1S/C24H30N4O3S2/c1-2-3-4-5-7-13-28-23(30)19(33-24(28)32)15-18-21(25-16-17-10-9-14-31-17)26-20-11-6-8-12-27(20)22(18)29/h6,8,11-12,15,17,25H,2-5,7,9-10,13-14,16H2,1H3. The predicted molar refractivity (Wildman–Crippen MR) is 138 cm³/mol. The van der Waals surface area contributed by atoms with Crippen LogP contribution in [0.4, 0.5) is 5.82 Å². The number of nitrogens with one attached hydrogen (secondary N) is 1. The molecule has 0 saturated carbocycles. The number of pyridine rings is 1. The van der Waals surface area contributed by atoms with Gasteiger partial charge in [0.1, 0.15) is 15.8 Å². The normalized spacial score (nSPS) is 19.8. The van der Waals surface area contributed by atoms with Gasteiger partial charge in [-0.15, -0.1) is 0 Å². The molecule has 1 amide bonds. The summed E-state index contributed by atoms with van der Waals surface area (Å²) in [5.74, 6) is 0.328. The number of hydrogen-bond donors (Lipinski definition) is 1.